The van der Waals surface area contributed by atoms with Crippen LogP contribution in [0.5, 0.6) is 11.5 Å². The molecule has 0 aliphatic rings. The average Bonchev–Trinajstić information content (AvgIpc) is 2.46. The molecule has 5 heteroatoms. The maximum absolute atomic E-state index is 5.81. The summed E-state index contributed by atoms with van der Waals surface area (Å²) in [5.74, 6) is 1.47. The molecule has 0 aliphatic carbocycles. The third kappa shape index (κ3) is 3.95. The van der Waals surface area contributed by atoms with Crippen molar-refractivity contribution in [2.75, 3.05) is 7.11 Å². The van der Waals surface area contributed by atoms with E-state index in [1.165, 1.54) is 5.56 Å². The van der Waals surface area contributed by atoms with Gasteiger partial charge in [0.2, 0.25) is 0 Å². The lowest BCUT2D eigenvalue weighted by atomic mass is 10.1. The molecule has 0 amide bonds. The number of halogens is 1. The van der Waals surface area contributed by atoms with Crippen molar-refractivity contribution in [2.24, 2.45) is 5.73 Å². The lowest BCUT2D eigenvalue weighted by molar-refractivity contribution is 0.304. The van der Waals surface area contributed by atoms with Crippen LogP contribution in [0.2, 0.25) is 0 Å². The van der Waals surface area contributed by atoms with Gasteiger partial charge < -0.3 is 15.2 Å². The fourth-order valence-corrected chi connectivity index (χ4v) is 2.69. The number of thiocarbonyl (C=S) groups is 1. The van der Waals surface area contributed by atoms with Crippen LogP contribution in [0.4, 0.5) is 0 Å². The number of aryl methyl sites for hydroxylation is 1. The van der Waals surface area contributed by atoms with Crippen molar-refractivity contribution in [3.05, 3.63) is 57.6 Å². The van der Waals surface area contributed by atoms with Crippen molar-refractivity contribution in [3.63, 3.8) is 0 Å². The molecule has 21 heavy (non-hydrogen) atoms. The smallest absolute Gasteiger partial charge is 0.134 e. The molecule has 0 saturated heterocycles. The fraction of sp³-hybridized carbons (Fsp3) is 0.188. The summed E-state index contributed by atoms with van der Waals surface area (Å²) in [5.41, 5.74) is 8.58. The van der Waals surface area contributed by atoms with E-state index in [4.69, 9.17) is 27.4 Å². The Labute approximate surface area is 138 Å². The number of benzene rings is 2. The summed E-state index contributed by atoms with van der Waals surface area (Å²) in [6, 6.07) is 11.6. The molecule has 0 heterocycles. The molecule has 0 atom stereocenters. The van der Waals surface area contributed by atoms with E-state index in [9.17, 15) is 0 Å². The van der Waals surface area contributed by atoms with E-state index in [1.807, 2.05) is 43.3 Å². The lowest BCUT2D eigenvalue weighted by Crippen LogP contribution is -2.12. The van der Waals surface area contributed by atoms with Gasteiger partial charge in [-0.3, -0.25) is 0 Å². The van der Waals surface area contributed by atoms with Crippen molar-refractivity contribution in [1.82, 2.24) is 0 Å². The van der Waals surface area contributed by atoms with E-state index in [2.05, 4.69) is 15.9 Å². The summed E-state index contributed by atoms with van der Waals surface area (Å²) in [6.45, 7) is 2.47. The second kappa shape index (κ2) is 6.91. The number of ether oxygens (including phenoxy) is 2. The van der Waals surface area contributed by atoms with E-state index in [-0.39, 0.29) is 0 Å². The highest BCUT2D eigenvalue weighted by molar-refractivity contribution is 9.10. The summed E-state index contributed by atoms with van der Waals surface area (Å²) in [5, 5.41) is 0. The van der Waals surface area contributed by atoms with E-state index in [0.29, 0.717) is 17.3 Å². The molecule has 0 aliphatic heterocycles. The van der Waals surface area contributed by atoms with Gasteiger partial charge in [0.15, 0.2) is 0 Å². The Bertz CT molecular complexity index is 673. The van der Waals surface area contributed by atoms with Crippen molar-refractivity contribution < 1.29 is 9.47 Å². The van der Waals surface area contributed by atoms with Crippen LogP contribution in [0.25, 0.3) is 0 Å². The molecule has 0 spiro atoms. The molecule has 0 radical (unpaired) electrons. The molecule has 2 aromatic carbocycles. The molecule has 0 aromatic heterocycles. The monoisotopic (exact) mass is 365 g/mol. The van der Waals surface area contributed by atoms with Gasteiger partial charge in [-0.25, -0.2) is 0 Å². The van der Waals surface area contributed by atoms with Crippen LogP contribution in [-0.4, -0.2) is 12.1 Å². The molecule has 0 saturated carbocycles. The quantitative estimate of drug-likeness (QED) is 0.813. The normalized spacial score (nSPS) is 10.2. The van der Waals surface area contributed by atoms with Crippen LogP contribution in [0, 0.1) is 6.92 Å². The van der Waals surface area contributed by atoms with Crippen LogP contribution < -0.4 is 15.2 Å². The number of methoxy groups -OCH3 is 1. The van der Waals surface area contributed by atoms with E-state index < -0.39 is 0 Å². The summed E-state index contributed by atoms with van der Waals surface area (Å²) in [4.78, 5) is 0.310. The SMILES string of the molecule is COc1ccc(COc2ccc(C)cc2Br)cc1C(N)=S. The zero-order chi connectivity index (χ0) is 15.4. The second-order valence-corrected chi connectivity index (χ2v) is 5.92. The lowest BCUT2D eigenvalue weighted by Gasteiger charge is -2.12. The minimum absolute atomic E-state index is 0.310. The highest BCUT2D eigenvalue weighted by atomic mass is 79.9. The highest BCUT2D eigenvalue weighted by Crippen LogP contribution is 2.27. The molecule has 3 nitrogen and oxygen atoms in total. The van der Waals surface area contributed by atoms with Crippen molar-refractivity contribution in [2.45, 2.75) is 13.5 Å². The standard InChI is InChI=1S/C16H16BrNO2S/c1-10-3-5-15(13(17)7-10)20-9-11-4-6-14(19-2)12(8-11)16(18)21/h3-8H,9H2,1-2H3,(H2,18,21). The predicted octanol–water partition coefficient (Wildman–Crippen LogP) is 3.98. The first kappa shape index (κ1) is 15.8. The van der Waals surface area contributed by atoms with Gasteiger partial charge in [0.05, 0.1) is 17.1 Å². The van der Waals surface area contributed by atoms with Crippen molar-refractivity contribution >= 4 is 33.1 Å². The maximum atomic E-state index is 5.81. The summed E-state index contributed by atoms with van der Waals surface area (Å²) in [7, 11) is 1.59. The molecular formula is C16H16BrNO2S. The minimum atomic E-state index is 0.310. The van der Waals surface area contributed by atoms with Crippen molar-refractivity contribution in [3.8, 4) is 11.5 Å². The molecular weight excluding hydrogens is 350 g/mol. The Balaban J connectivity index is 2.16. The molecule has 2 N–H and O–H groups in total. The molecule has 0 fully saturated rings. The van der Waals surface area contributed by atoms with Crippen LogP contribution in [-0.2, 0) is 6.61 Å². The zero-order valence-corrected chi connectivity index (χ0v) is 14.3. The molecule has 110 valence electrons. The maximum Gasteiger partial charge on any atom is 0.134 e. The van der Waals surface area contributed by atoms with Gasteiger partial charge in [-0.05, 0) is 58.2 Å². The first-order chi connectivity index (χ1) is 10.0. The van der Waals surface area contributed by atoms with Crippen molar-refractivity contribution in [1.29, 1.82) is 0 Å². The molecule has 0 unspecified atom stereocenters. The largest absolute Gasteiger partial charge is 0.496 e. The van der Waals surface area contributed by atoms with E-state index in [1.54, 1.807) is 7.11 Å². The third-order valence-electron chi connectivity index (χ3n) is 3.01. The van der Waals surface area contributed by atoms with Gasteiger partial charge in [-0.15, -0.1) is 0 Å². The topological polar surface area (TPSA) is 44.5 Å². The summed E-state index contributed by atoms with van der Waals surface area (Å²) in [6.07, 6.45) is 0. The predicted molar refractivity (Wildman–Crippen MR) is 92.1 cm³/mol. The zero-order valence-electron chi connectivity index (χ0n) is 11.9. The van der Waals surface area contributed by atoms with Gasteiger partial charge in [0, 0.05) is 0 Å². The van der Waals surface area contributed by atoms with Crippen LogP contribution >= 0.6 is 28.1 Å². The van der Waals surface area contributed by atoms with E-state index >= 15 is 0 Å². The minimum Gasteiger partial charge on any atom is -0.496 e. The molecule has 2 rings (SSSR count). The molecule has 0 bridgehead atoms. The van der Waals surface area contributed by atoms with Gasteiger partial charge in [0.1, 0.15) is 23.1 Å². The second-order valence-electron chi connectivity index (χ2n) is 4.62. The van der Waals surface area contributed by atoms with Gasteiger partial charge in [0.25, 0.3) is 0 Å². The Morgan fingerprint density at radius 1 is 1.19 bits per heavy atom. The first-order valence-electron chi connectivity index (χ1n) is 6.37. The number of rotatable bonds is 5. The molecule has 2 aromatic rings. The summed E-state index contributed by atoms with van der Waals surface area (Å²) >= 11 is 8.53. The third-order valence-corrected chi connectivity index (χ3v) is 3.85. The van der Waals surface area contributed by atoms with E-state index in [0.717, 1.165) is 21.3 Å². The average molecular weight is 366 g/mol. The van der Waals surface area contributed by atoms with Crippen LogP contribution in [0.3, 0.4) is 0 Å². The summed E-state index contributed by atoms with van der Waals surface area (Å²) < 4.78 is 12.0. The number of hydrogen-bond acceptors (Lipinski definition) is 3. The number of hydrogen-bond donors (Lipinski definition) is 1. The van der Waals surface area contributed by atoms with Gasteiger partial charge in [-0.1, -0.05) is 24.4 Å². The number of nitrogens with two attached hydrogens (primary N) is 1. The first-order valence-corrected chi connectivity index (χ1v) is 7.57. The Morgan fingerprint density at radius 2 is 1.90 bits per heavy atom. The Kier molecular flexibility index (Phi) is 5.20. The van der Waals surface area contributed by atoms with Gasteiger partial charge >= 0.3 is 0 Å². The highest BCUT2D eigenvalue weighted by Gasteiger charge is 2.08. The van der Waals surface area contributed by atoms with Gasteiger partial charge in [-0.2, -0.15) is 0 Å². The van der Waals surface area contributed by atoms with Crippen LogP contribution in [0.15, 0.2) is 40.9 Å². The van der Waals surface area contributed by atoms with Crippen LogP contribution in [0.1, 0.15) is 16.7 Å². The Hall–Kier alpha value is -1.59. The Morgan fingerprint density at radius 3 is 2.52 bits per heavy atom. The fourth-order valence-electron chi connectivity index (χ4n) is 1.92.